The molecule has 3 heteroatoms. The van der Waals surface area contributed by atoms with Gasteiger partial charge in [0, 0.05) is 0 Å². The molecule has 1 atom stereocenters. The zero-order chi connectivity index (χ0) is 13.7. The maximum Gasteiger partial charge on any atom is -1.00 e. The van der Waals surface area contributed by atoms with Crippen LogP contribution < -0.4 is 24.8 Å². The molecule has 0 bridgehead atoms. The minimum atomic E-state index is 0. The van der Waals surface area contributed by atoms with Crippen LogP contribution in [0.15, 0.2) is 65.8 Å². The van der Waals surface area contributed by atoms with E-state index in [0.717, 1.165) is 6.42 Å². The van der Waals surface area contributed by atoms with Crippen LogP contribution in [0.1, 0.15) is 30.4 Å². The Morgan fingerprint density at radius 3 is 2.41 bits per heavy atom. The summed E-state index contributed by atoms with van der Waals surface area (Å²) in [5.41, 5.74) is 5.95. The van der Waals surface area contributed by atoms with E-state index in [0.29, 0.717) is 5.92 Å². The fourth-order valence-electron chi connectivity index (χ4n) is 3.27. The Balaban J connectivity index is 0.000000882. The van der Waals surface area contributed by atoms with Crippen molar-refractivity contribution in [3.05, 3.63) is 76.9 Å². The molecule has 109 valence electrons. The van der Waals surface area contributed by atoms with Gasteiger partial charge in [-0.2, -0.15) is 0 Å². The molecular formula is C19H15Cl2Zr. The molecule has 0 aromatic heterocycles. The van der Waals surface area contributed by atoms with Crippen molar-refractivity contribution in [2.45, 2.75) is 19.3 Å². The first kappa shape index (κ1) is 17.7. The molecule has 2 aliphatic rings. The number of halogens is 2. The second-order valence-corrected chi connectivity index (χ2v) is 6.76. The number of fused-ring (bicyclic) bond motifs is 4. The van der Waals surface area contributed by atoms with Crippen LogP contribution in [-0.2, 0) is 24.7 Å². The van der Waals surface area contributed by atoms with Crippen LogP contribution in [0.4, 0.5) is 0 Å². The van der Waals surface area contributed by atoms with Crippen molar-refractivity contribution in [3.63, 3.8) is 0 Å². The average Bonchev–Trinajstić information content (AvgIpc) is 2.77. The third kappa shape index (κ3) is 2.69. The molecule has 4 rings (SSSR count). The summed E-state index contributed by atoms with van der Waals surface area (Å²) >= 11 is 1.52. The number of rotatable bonds is 1. The Labute approximate surface area is 159 Å². The van der Waals surface area contributed by atoms with Gasteiger partial charge in [-0.25, -0.2) is 0 Å². The fraction of sp³-hybridized carbons (Fsp3) is 0.158. The second-order valence-electron chi connectivity index (χ2n) is 5.53. The average molecular weight is 405 g/mol. The predicted molar refractivity (Wildman–Crippen MR) is 81.1 cm³/mol. The molecule has 0 fully saturated rings. The molecule has 2 aromatic carbocycles. The Bertz CT molecular complexity index is 815. The van der Waals surface area contributed by atoms with E-state index in [1.807, 2.05) is 0 Å². The molecule has 22 heavy (non-hydrogen) atoms. The van der Waals surface area contributed by atoms with Gasteiger partial charge in [0.15, 0.2) is 0 Å². The van der Waals surface area contributed by atoms with Gasteiger partial charge >= 0.3 is 135 Å². The first-order chi connectivity index (χ1) is 9.78. The molecule has 0 nitrogen and oxygen atoms in total. The number of hydrogen-bond acceptors (Lipinski definition) is 0. The van der Waals surface area contributed by atoms with E-state index in [9.17, 15) is 0 Å². The molecule has 2 aromatic rings. The number of hydrogen-bond donors (Lipinski definition) is 0. The molecule has 1 unspecified atom stereocenters. The predicted octanol–water partition coefficient (Wildman–Crippen LogP) is -0.891. The first-order valence-electron chi connectivity index (χ1n) is 7.15. The van der Waals surface area contributed by atoms with E-state index in [-0.39, 0.29) is 24.8 Å². The minimum Gasteiger partial charge on any atom is -1.00 e. The van der Waals surface area contributed by atoms with E-state index in [2.05, 4.69) is 61.5 Å². The number of benzene rings is 2. The van der Waals surface area contributed by atoms with Gasteiger partial charge < -0.3 is 24.8 Å². The first-order valence-corrected chi connectivity index (χ1v) is 8.38. The van der Waals surface area contributed by atoms with Crippen molar-refractivity contribution >= 4 is 14.1 Å². The van der Waals surface area contributed by atoms with Crippen LogP contribution in [-0.4, -0.2) is 0 Å². The van der Waals surface area contributed by atoms with Crippen LogP contribution in [0, 0.1) is 0 Å². The zero-order valence-electron chi connectivity index (χ0n) is 12.2. The van der Waals surface area contributed by atoms with Gasteiger partial charge in [0.25, 0.3) is 0 Å². The van der Waals surface area contributed by atoms with Gasteiger partial charge in [0.1, 0.15) is 0 Å². The van der Waals surface area contributed by atoms with Crippen molar-refractivity contribution in [1.29, 1.82) is 0 Å². The Hall–Kier alpha value is -0.617. The summed E-state index contributed by atoms with van der Waals surface area (Å²) in [7, 11) is 0. The van der Waals surface area contributed by atoms with Crippen molar-refractivity contribution in [2.75, 3.05) is 0 Å². The van der Waals surface area contributed by atoms with Crippen molar-refractivity contribution in [3.8, 4) is 0 Å². The molecule has 0 amide bonds. The fourth-order valence-corrected chi connectivity index (χ4v) is 4.36. The normalized spacial score (nSPS) is 18.3. The monoisotopic (exact) mass is 403 g/mol. The van der Waals surface area contributed by atoms with Gasteiger partial charge in [-0.05, 0) is 0 Å². The molecule has 0 spiro atoms. The van der Waals surface area contributed by atoms with Gasteiger partial charge in [-0.3, -0.25) is 0 Å². The van der Waals surface area contributed by atoms with Crippen molar-refractivity contribution in [1.82, 2.24) is 0 Å². The smallest absolute Gasteiger partial charge is 1.00 e. The van der Waals surface area contributed by atoms with Crippen molar-refractivity contribution in [2.24, 2.45) is 0 Å². The molecule has 0 N–H and O–H groups in total. The second kappa shape index (κ2) is 6.87. The maximum atomic E-state index is 2.42. The van der Waals surface area contributed by atoms with Gasteiger partial charge in [0.2, 0.25) is 0 Å². The Morgan fingerprint density at radius 2 is 1.73 bits per heavy atom. The third-order valence-electron chi connectivity index (χ3n) is 4.40. The summed E-state index contributed by atoms with van der Waals surface area (Å²) in [6.45, 7) is 2.23. The van der Waals surface area contributed by atoms with E-state index in [1.54, 1.807) is 3.28 Å². The summed E-state index contributed by atoms with van der Waals surface area (Å²) in [4.78, 5) is 0. The molecule has 0 saturated heterocycles. The van der Waals surface area contributed by atoms with Gasteiger partial charge in [-0.15, -0.1) is 0 Å². The van der Waals surface area contributed by atoms with Crippen LogP contribution in [0.25, 0.3) is 14.1 Å². The topological polar surface area (TPSA) is 0 Å². The van der Waals surface area contributed by atoms with Gasteiger partial charge in [0.05, 0.1) is 0 Å². The van der Waals surface area contributed by atoms with E-state index >= 15 is 0 Å². The quantitative estimate of drug-likeness (QED) is 0.578. The SMILES string of the molecule is CCC1=CC2=[C]([Zr+2])c3cc4ccccc4cc3C2C=C1.[Cl-].[Cl-]. The van der Waals surface area contributed by atoms with E-state index in [4.69, 9.17) is 0 Å². The van der Waals surface area contributed by atoms with Crippen LogP contribution in [0.2, 0.25) is 0 Å². The third-order valence-corrected chi connectivity index (χ3v) is 5.77. The standard InChI is InChI=1S/C19H15.2ClH.Zr/c1-2-13-7-8-18-16(9-13)11-17-10-14-5-3-4-6-15(14)12-19(17)18;;;/h3-10,12,18H,2H2,1H3;2*1H;/q;;;+2/p-2. The number of allylic oxidation sites excluding steroid dienone is 5. The zero-order valence-corrected chi connectivity index (χ0v) is 16.2. The summed E-state index contributed by atoms with van der Waals surface area (Å²) in [5.74, 6) is 0.485. The molecule has 0 heterocycles. The van der Waals surface area contributed by atoms with E-state index in [1.165, 1.54) is 57.8 Å². The van der Waals surface area contributed by atoms with Crippen molar-refractivity contribution < 1.29 is 49.5 Å². The summed E-state index contributed by atoms with van der Waals surface area (Å²) < 4.78 is 1.54. The molecular weight excluding hydrogens is 390 g/mol. The summed E-state index contributed by atoms with van der Waals surface area (Å²) in [6.07, 6.45) is 8.23. The maximum absolute atomic E-state index is 2.42. The van der Waals surface area contributed by atoms with Crippen LogP contribution >= 0.6 is 0 Å². The minimum absolute atomic E-state index is 0. The van der Waals surface area contributed by atoms with Crippen LogP contribution in [0.3, 0.4) is 0 Å². The van der Waals surface area contributed by atoms with E-state index < -0.39 is 0 Å². The van der Waals surface area contributed by atoms with Gasteiger partial charge in [-0.1, -0.05) is 0 Å². The molecule has 0 radical (unpaired) electrons. The Kier molecular flexibility index (Phi) is 5.54. The Morgan fingerprint density at radius 1 is 1.05 bits per heavy atom. The molecule has 0 aliphatic heterocycles. The molecule has 0 saturated carbocycles. The summed E-state index contributed by atoms with van der Waals surface area (Å²) in [5, 5.41) is 2.71. The molecule has 2 aliphatic carbocycles. The largest absolute Gasteiger partial charge is 1.00 e. The summed E-state index contributed by atoms with van der Waals surface area (Å²) in [6, 6.07) is 13.5. The van der Waals surface area contributed by atoms with Crippen LogP contribution in [0.5, 0.6) is 0 Å².